The van der Waals surface area contributed by atoms with Gasteiger partial charge < -0.3 is 0 Å². The van der Waals surface area contributed by atoms with Crippen molar-refractivity contribution in [3.63, 3.8) is 0 Å². The summed E-state index contributed by atoms with van der Waals surface area (Å²) in [4.78, 5) is 0. The van der Waals surface area contributed by atoms with Gasteiger partial charge in [0.2, 0.25) is 0 Å². The lowest BCUT2D eigenvalue weighted by Gasteiger charge is -2.19. The van der Waals surface area contributed by atoms with Gasteiger partial charge in [0.05, 0.1) is 0 Å². The van der Waals surface area contributed by atoms with E-state index in [1.165, 1.54) is 11.4 Å². The quantitative estimate of drug-likeness (QED) is 0.701. The molecular weight excluding hydrogens is 244 g/mol. The highest BCUT2D eigenvalue weighted by atomic mass is 15.1. The zero-order chi connectivity index (χ0) is 15.0. The molecule has 2 aromatic heterocycles. The van der Waals surface area contributed by atoms with Gasteiger partial charge in [-0.25, -0.2) is 0 Å². The summed E-state index contributed by atoms with van der Waals surface area (Å²) in [6.45, 7) is 13.4. The van der Waals surface area contributed by atoms with E-state index < -0.39 is 0 Å². The third-order valence-electron chi connectivity index (χ3n) is 3.43. The summed E-state index contributed by atoms with van der Waals surface area (Å²) >= 11 is 0. The molecule has 0 saturated heterocycles. The third-order valence-corrected chi connectivity index (χ3v) is 3.43. The maximum atomic E-state index is 2.34. The average molecular weight is 270 g/mol. The molecule has 2 rings (SSSR count). The first-order valence-corrected chi connectivity index (χ1v) is 7.24. The Bertz CT molecular complexity index is 546. The summed E-state index contributed by atoms with van der Waals surface area (Å²) in [5.74, 6) is 0. The van der Waals surface area contributed by atoms with E-state index in [1.807, 2.05) is 0 Å². The molecular formula is C18H26N2+2. The van der Waals surface area contributed by atoms with Crippen LogP contribution >= 0.6 is 0 Å². The largest absolute Gasteiger partial charge is 0.277 e. The van der Waals surface area contributed by atoms with Crippen LogP contribution in [0.1, 0.15) is 41.5 Å². The Balaban J connectivity index is 2.71. The van der Waals surface area contributed by atoms with E-state index in [9.17, 15) is 0 Å². The molecule has 0 N–H and O–H groups in total. The second-order valence-corrected chi connectivity index (χ2v) is 7.25. The van der Waals surface area contributed by atoms with Crippen molar-refractivity contribution in [3.8, 4) is 11.4 Å². The molecule has 0 saturated carbocycles. The summed E-state index contributed by atoms with van der Waals surface area (Å²) in [6, 6.07) is 12.8. The molecule has 106 valence electrons. The van der Waals surface area contributed by atoms with E-state index in [1.54, 1.807) is 0 Å². The molecule has 0 unspecified atom stereocenters. The molecule has 2 nitrogen and oxygen atoms in total. The predicted octanol–water partition coefficient (Wildman–Crippen LogP) is 3.44. The summed E-state index contributed by atoms with van der Waals surface area (Å²) < 4.78 is 4.68. The number of hydrogen-bond acceptors (Lipinski definition) is 0. The number of pyridine rings is 2. The lowest BCUT2D eigenvalue weighted by Crippen LogP contribution is -2.56. The number of nitrogens with zero attached hydrogens (tertiary/aromatic N) is 2. The smallest absolute Gasteiger partial charge is 0.189 e. The topological polar surface area (TPSA) is 7.76 Å². The summed E-state index contributed by atoms with van der Waals surface area (Å²) in [7, 11) is 0. The van der Waals surface area contributed by atoms with Gasteiger partial charge in [0.1, 0.15) is 0 Å². The van der Waals surface area contributed by atoms with Crippen LogP contribution in [0.15, 0.2) is 48.8 Å². The molecule has 20 heavy (non-hydrogen) atoms. The van der Waals surface area contributed by atoms with Gasteiger partial charge in [-0.1, -0.05) is 0 Å². The third kappa shape index (κ3) is 2.90. The molecule has 2 heteroatoms. The molecule has 0 aliphatic carbocycles. The number of aromatic nitrogens is 2. The second kappa shape index (κ2) is 5.01. The highest BCUT2D eigenvalue weighted by Gasteiger charge is 2.33. The van der Waals surface area contributed by atoms with Crippen molar-refractivity contribution in [2.24, 2.45) is 0 Å². The zero-order valence-corrected chi connectivity index (χ0v) is 13.5. The Morgan fingerprint density at radius 1 is 0.600 bits per heavy atom. The normalized spacial score (nSPS) is 12.5. The minimum absolute atomic E-state index is 0.0577. The van der Waals surface area contributed by atoms with Gasteiger partial charge in [-0.05, 0) is 12.1 Å². The van der Waals surface area contributed by atoms with Gasteiger partial charge >= 0.3 is 0 Å². The Labute approximate surface area is 122 Å². The fraction of sp³-hybridized carbons (Fsp3) is 0.444. The second-order valence-electron chi connectivity index (χ2n) is 7.25. The molecule has 0 atom stereocenters. The SMILES string of the molecule is CC(C)(C)[n+]1ccccc1-c1cccc[n+]1C(C)(C)C. The molecule has 0 aromatic carbocycles. The van der Waals surface area contributed by atoms with Crippen molar-refractivity contribution in [1.82, 2.24) is 0 Å². The van der Waals surface area contributed by atoms with Gasteiger partial charge in [0.25, 0.3) is 11.4 Å². The van der Waals surface area contributed by atoms with Crippen molar-refractivity contribution < 1.29 is 9.13 Å². The summed E-state index contributed by atoms with van der Waals surface area (Å²) in [6.07, 6.45) is 4.32. The van der Waals surface area contributed by atoms with E-state index in [-0.39, 0.29) is 11.1 Å². The maximum absolute atomic E-state index is 2.34. The fourth-order valence-electron chi connectivity index (χ4n) is 2.47. The van der Waals surface area contributed by atoms with Crippen LogP contribution in [-0.4, -0.2) is 0 Å². The van der Waals surface area contributed by atoms with Crippen molar-refractivity contribution >= 4 is 0 Å². The van der Waals surface area contributed by atoms with Gasteiger partial charge in [-0.2, -0.15) is 9.13 Å². The fourth-order valence-corrected chi connectivity index (χ4v) is 2.47. The Kier molecular flexibility index (Phi) is 3.68. The standard InChI is InChI=1S/C18H26N2/c1-17(2,3)19-13-9-7-11-15(19)16-12-8-10-14-20(16)18(4,5)6/h7-14H,1-6H3/q+2. The van der Waals surface area contributed by atoms with Crippen molar-refractivity contribution in [1.29, 1.82) is 0 Å². The number of hydrogen-bond donors (Lipinski definition) is 0. The van der Waals surface area contributed by atoms with E-state index in [2.05, 4.69) is 99.5 Å². The van der Waals surface area contributed by atoms with Crippen LogP contribution in [0.4, 0.5) is 0 Å². The minimum atomic E-state index is 0.0577. The molecule has 0 aliphatic rings. The first-order chi connectivity index (χ1) is 9.21. The lowest BCUT2D eigenvalue weighted by molar-refractivity contribution is -0.770. The number of rotatable bonds is 1. The van der Waals surface area contributed by atoms with Crippen LogP contribution < -0.4 is 9.13 Å². The Morgan fingerprint density at radius 2 is 0.950 bits per heavy atom. The van der Waals surface area contributed by atoms with Gasteiger partial charge in [-0.3, -0.25) is 0 Å². The maximum Gasteiger partial charge on any atom is 0.277 e. The average Bonchev–Trinajstić information content (AvgIpc) is 2.37. The molecule has 0 aliphatic heterocycles. The highest BCUT2D eigenvalue weighted by molar-refractivity contribution is 5.46. The first-order valence-electron chi connectivity index (χ1n) is 7.24. The van der Waals surface area contributed by atoms with Crippen LogP contribution in [0.5, 0.6) is 0 Å². The molecule has 0 spiro atoms. The van der Waals surface area contributed by atoms with E-state index in [0.717, 1.165) is 0 Å². The Hall–Kier alpha value is -1.70. The van der Waals surface area contributed by atoms with Crippen molar-refractivity contribution in [2.75, 3.05) is 0 Å². The molecule has 0 amide bonds. The molecule has 2 heterocycles. The molecule has 0 fully saturated rings. The van der Waals surface area contributed by atoms with Crippen LogP contribution in [0, 0.1) is 0 Å². The van der Waals surface area contributed by atoms with Gasteiger partial charge in [-0.15, -0.1) is 0 Å². The summed E-state index contributed by atoms with van der Waals surface area (Å²) in [5.41, 5.74) is 2.61. The molecule has 0 radical (unpaired) electrons. The Morgan fingerprint density at radius 3 is 1.25 bits per heavy atom. The van der Waals surface area contributed by atoms with Crippen LogP contribution in [0.2, 0.25) is 0 Å². The van der Waals surface area contributed by atoms with Gasteiger partial charge in [0.15, 0.2) is 23.5 Å². The highest BCUT2D eigenvalue weighted by Crippen LogP contribution is 2.18. The van der Waals surface area contributed by atoms with Gasteiger partial charge in [0, 0.05) is 65.8 Å². The lowest BCUT2D eigenvalue weighted by atomic mass is 10.0. The summed E-state index contributed by atoms with van der Waals surface area (Å²) in [5, 5.41) is 0. The van der Waals surface area contributed by atoms with Crippen molar-refractivity contribution in [2.45, 2.75) is 52.6 Å². The van der Waals surface area contributed by atoms with E-state index >= 15 is 0 Å². The van der Waals surface area contributed by atoms with Crippen molar-refractivity contribution in [3.05, 3.63) is 48.8 Å². The molecule has 0 bridgehead atoms. The minimum Gasteiger partial charge on any atom is -0.189 e. The predicted molar refractivity (Wildman–Crippen MR) is 82.3 cm³/mol. The van der Waals surface area contributed by atoms with Crippen LogP contribution in [0.3, 0.4) is 0 Å². The van der Waals surface area contributed by atoms with Crippen LogP contribution in [0.25, 0.3) is 11.4 Å². The monoisotopic (exact) mass is 270 g/mol. The molecule has 2 aromatic rings. The first kappa shape index (κ1) is 14.7. The zero-order valence-electron chi connectivity index (χ0n) is 13.5. The van der Waals surface area contributed by atoms with Crippen LogP contribution in [-0.2, 0) is 11.1 Å². The van der Waals surface area contributed by atoms with E-state index in [0.29, 0.717) is 0 Å². The van der Waals surface area contributed by atoms with E-state index in [4.69, 9.17) is 0 Å².